The lowest BCUT2D eigenvalue weighted by Gasteiger charge is -2.16. The third kappa shape index (κ3) is 3.33. The third-order valence-electron chi connectivity index (χ3n) is 3.76. The molecule has 1 unspecified atom stereocenters. The van der Waals surface area contributed by atoms with E-state index < -0.39 is 0 Å². The molecule has 0 saturated heterocycles. The first-order valence-electron chi connectivity index (χ1n) is 7.98. The Morgan fingerprint density at radius 2 is 2.30 bits per heavy atom. The monoisotopic (exact) mass is 315 g/mol. The van der Waals surface area contributed by atoms with E-state index in [0.717, 1.165) is 18.2 Å². The van der Waals surface area contributed by atoms with Crippen LogP contribution in [-0.2, 0) is 9.53 Å². The van der Waals surface area contributed by atoms with Gasteiger partial charge in [-0.2, -0.15) is 0 Å². The molecule has 0 aliphatic carbocycles. The van der Waals surface area contributed by atoms with Gasteiger partial charge in [-0.3, -0.25) is 4.79 Å². The summed E-state index contributed by atoms with van der Waals surface area (Å²) in [5.41, 5.74) is 0.707. The molecule has 1 aliphatic rings. The highest BCUT2D eigenvalue weighted by atomic mass is 16.5. The Bertz CT molecular complexity index is 732. The van der Waals surface area contributed by atoms with E-state index >= 15 is 0 Å². The second-order valence-electron chi connectivity index (χ2n) is 5.51. The molecule has 1 aromatic heterocycles. The summed E-state index contributed by atoms with van der Waals surface area (Å²) in [5, 5.41) is 3.87. The van der Waals surface area contributed by atoms with Crippen molar-refractivity contribution in [1.82, 2.24) is 5.32 Å². The highest BCUT2D eigenvalue weighted by Gasteiger charge is 2.20. The van der Waals surface area contributed by atoms with Crippen molar-refractivity contribution in [2.75, 3.05) is 13.2 Å². The van der Waals surface area contributed by atoms with Crippen LogP contribution in [0.4, 0.5) is 0 Å². The number of allylic oxidation sites excluding steroid dienone is 1. The van der Waals surface area contributed by atoms with Gasteiger partial charge in [-0.1, -0.05) is 12.1 Å². The molecule has 2 heterocycles. The summed E-state index contributed by atoms with van der Waals surface area (Å²) in [7, 11) is 0. The van der Waals surface area contributed by atoms with Crippen LogP contribution in [-0.4, -0.2) is 19.1 Å². The molecule has 1 N–H and O–H groups in total. The van der Waals surface area contributed by atoms with Gasteiger partial charge in [-0.25, -0.2) is 0 Å². The minimum Gasteiger partial charge on any atom is -0.490 e. The maximum absolute atomic E-state index is 12.2. The van der Waals surface area contributed by atoms with Gasteiger partial charge in [0, 0.05) is 5.39 Å². The van der Waals surface area contributed by atoms with Gasteiger partial charge in [0.25, 0.3) is 5.91 Å². The number of nitrogens with one attached hydrogen (secondary N) is 1. The predicted octanol–water partition coefficient (Wildman–Crippen LogP) is 3.70. The second-order valence-corrected chi connectivity index (χ2v) is 5.51. The SMILES string of the molecule is CCOc1cccc2cc(C(C)NC(=O)C3=CCCCO3)oc12. The molecular weight excluding hydrogens is 294 g/mol. The van der Waals surface area contributed by atoms with Crippen LogP contribution in [0, 0.1) is 0 Å². The largest absolute Gasteiger partial charge is 0.490 e. The van der Waals surface area contributed by atoms with Crippen molar-refractivity contribution in [3.8, 4) is 5.75 Å². The number of benzene rings is 1. The van der Waals surface area contributed by atoms with E-state index in [4.69, 9.17) is 13.9 Å². The number of fused-ring (bicyclic) bond motifs is 1. The lowest BCUT2D eigenvalue weighted by Crippen LogP contribution is -2.29. The van der Waals surface area contributed by atoms with Crippen molar-refractivity contribution < 1.29 is 18.7 Å². The lowest BCUT2D eigenvalue weighted by molar-refractivity contribution is -0.122. The second kappa shape index (κ2) is 6.77. The van der Waals surface area contributed by atoms with Gasteiger partial charge in [-0.15, -0.1) is 0 Å². The fourth-order valence-corrected chi connectivity index (χ4v) is 2.59. The molecule has 0 fully saturated rings. The van der Waals surface area contributed by atoms with Crippen LogP contribution < -0.4 is 10.1 Å². The van der Waals surface area contributed by atoms with E-state index in [0.29, 0.717) is 36.1 Å². The fourth-order valence-electron chi connectivity index (χ4n) is 2.59. The molecular formula is C18H21NO4. The summed E-state index contributed by atoms with van der Waals surface area (Å²) >= 11 is 0. The molecule has 0 spiro atoms. The zero-order valence-corrected chi connectivity index (χ0v) is 13.4. The summed E-state index contributed by atoms with van der Waals surface area (Å²) in [5.74, 6) is 1.60. The van der Waals surface area contributed by atoms with Crippen molar-refractivity contribution in [3.63, 3.8) is 0 Å². The maximum atomic E-state index is 12.2. The van der Waals surface area contributed by atoms with Gasteiger partial charge >= 0.3 is 0 Å². The van der Waals surface area contributed by atoms with E-state index in [2.05, 4.69) is 5.32 Å². The van der Waals surface area contributed by atoms with Crippen LogP contribution in [0.1, 0.15) is 38.5 Å². The zero-order chi connectivity index (χ0) is 16.2. The maximum Gasteiger partial charge on any atom is 0.286 e. The number of hydrogen-bond donors (Lipinski definition) is 1. The molecule has 5 heteroatoms. The van der Waals surface area contributed by atoms with Crippen LogP contribution in [0.3, 0.4) is 0 Å². The number of rotatable bonds is 5. The molecule has 5 nitrogen and oxygen atoms in total. The Balaban J connectivity index is 1.78. The highest BCUT2D eigenvalue weighted by molar-refractivity contribution is 5.92. The van der Waals surface area contributed by atoms with E-state index in [1.807, 2.05) is 44.2 Å². The number of ether oxygens (including phenoxy) is 2. The van der Waals surface area contributed by atoms with E-state index in [-0.39, 0.29) is 11.9 Å². The molecule has 2 aromatic rings. The molecule has 1 aliphatic heterocycles. The molecule has 1 atom stereocenters. The summed E-state index contributed by atoms with van der Waals surface area (Å²) in [6, 6.07) is 7.45. The normalized spacial score (nSPS) is 15.7. The summed E-state index contributed by atoms with van der Waals surface area (Å²) < 4.78 is 16.9. The van der Waals surface area contributed by atoms with Crippen molar-refractivity contribution in [3.05, 3.63) is 41.9 Å². The van der Waals surface area contributed by atoms with Crippen molar-refractivity contribution >= 4 is 16.9 Å². The number of carbonyl (C=O) groups is 1. The van der Waals surface area contributed by atoms with Crippen LogP contribution >= 0.6 is 0 Å². The Hall–Kier alpha value is -2.43. The van der Waals surface area contributed by atoms with Crippen LogP contribution in [0.25, 0.3) is 11.0 Å². The van der Waals surface area contributed by atoms with Gasteiger partial charge in [0.2, 0.25) is 0 Å². The van der Waals surface area contributed by atoms with Gasteiger partial charge in [-0.05, 0) is 44.9 Å². The third-order valence-corrected chi connectivity index (χ3v) is 3.76. The number of hydrogen-bond acceptors (Lipinski definition) is 4. The summed E-state index contributed by atoms with van der Waals surface area (Å²) in [4.78, 5) is 12.2. The summed E-state index contributed by atoms with van der Waals surface area (Å²) in [6.07, 6.45) is 3.66. The first-order valence-corrected chi connectivity index (χ1v) is 7.98. The van der Waals surface area contributed by atoms with Crippen LogP contribution in [0.2, 0.25) is 0 Å². The zero-order valence-electron chi connectivity index (χ0n) is 13.4. The van der Waals surface area contributed by atoms with Crippen LogP contribution in [0.15, 0.2) is 40.5 Å². The Labute approximate surface area is 135 Å². The molecule has 23 heavy (non-hydrogen) atoms. The van der Waals surface area contributed by atoms with Gasteiger partial charge in [0.1, 0.15) is 5.76 Å². The molecule has 0 radical (unpaired) electrons. The topological polar surface area (TPSA) is 60.7 Å². The summed E-state index contributed by atoms with van der Waals surface area (Å²) in [6.45, 7) is 4.99. The minimum atomic E-state index is -0.254. The van der Waals surface area contributed by atoms with Crippen molar-refractivity contribution in [2.45, 2.75) is 32.7 Å². The minimum absolute atomic E-state index is 0.206. The number of amides is 1. The van der Waals surface area contributed by atoms with Crippen molar-refractivity contribution in [2.24, 2.45) is 0 Å². The predicted molar refractivity (Wildman–Crippen MR) is 87.2 cm³/mol. The smallest absolute Gasteiger partial charge is 0.286 e. The Kier molecular flexibility index (Phi) is 4.55. The molecule has 1 amide bonds. The Morgan fingerprint density at radius 1 is 1.43 bits per heavy atom. The molecule has 122 valence electrons. The Morgan fingerprint density at radius 3 is 3.04 bits per heavy atom. The van der Waals surface area contributed by atoms with E-state index in [1.54, 1.807) is 0 Å². The number of carbonyl (C=O) groups excluding carboxylic acids is 1. The molecule has 0 bridgehead atoms. The standard InChI is InChI=1S/C18H21NO4/c1-3-21-14-9-6-7-13-11-16(23-17(13)14)12(2)19-18(20)15-8-4-5-10-22-15/h6-9,11-12H,3-5,10H2,1-2H3,(H,19,20). The quantitative estimate of drug-likeness (QED) is 0.914. The molecule has 0 saturated carbocycles. The highest BCUT2D eigenvalue weighted by Crippen LogP contribution is 2.31. The molecule has 3 rings (SSSR count). The van der Waals surface area contributed by atoms with Gasteiger partial charge in [0.05, 0.1) is 19.3 Å². The van der Waals surface area contributed by atoms with E-state index in [9.17, 15) is 4.79 Å². The van der Waals surface area contributed by atoms with Gasteiger partial charge in [0.15, 0.2) is 17.1 Å². The fraction of sp³-hybridized carbons (Fsp3) is 0.389. The van der Waals surface area contributed by atoms with Crippen LogP contribution in [0.5, 0.6) is 5.75 Å². The number of furan rings is 1. The average molecular weight is 315 g/mol. The lowest BCUT2D eigenvalue weighted by atomic mass is 10.2. The first-order chi connectivity index (χ1) is 11.2. The average Bonchev–Trinajstić information content (AvgIpc) is 3.01. The van der Waals surface area contributed by atoms with Gasteiger partial charge < -0.3 is 19.2 Å². The molecule has 1 aromatic carbocycles. The van der Waals surface area contributed by atoms with Crippen molar-refractivity contribution in [1.29, 1.82) is 0 Å². The first kappa shape index (κ1) is 15.5. The van der Waals surface area contributed by atoms with E-state index in [1.165, 1.54) is 0 Å². The number of para-hydroxylation sites is 1.